The van der Waals surface area contributed by atoms with Gasteiger partial charge in [-0.2, -0.15) is 0 Å². The van der Waals surface area contributed by atoms with E-state index in [2.05, 4.69) is 27.7 Å². The maximum Gasteiger partial charge on any atom is 0.307 e. The molecule has 0 aromatic rings. The molecule has 3 aliphatic carbocycles. The molecular weight excluding hydrogens is 528 g/mol. The largest absolute Gasteiger partial charge is 0.481 e. The minimum atomic E-state index is -1.34. The van der Waals surface area contributed by atoms with Crippen LogP contribution in [0.3, 0.4) is 0 Å². The molecule has 0 radical (unpaired) electrons. The molecular formula is C32H52O9. The van der Waals surface area contributed by atoms with Gasteiger partial charge in [0, 0.05) is 5.41 Å². The van der Waals surface area contributed by atoms with Crippen molar-refractivity contribution in [2.75, 3.05) is 0 Å². The van der Waals surface area contributed by atoms with E-state index in [1.807, 2.05) is 0 Å². The summed E-state index contributed by atoms with van der Waals surface area (Å²) in [4.78, 5) is 50.6. The van der Waals surface area contributed by atoms with Crippen LogP contribution >= 0.6 is 0 Å². The van der Waals surface area contributed by atoms with Crippen molar-refractivity contribution in [1.29, 1.82) is 0 Å². The van der Waals surface area contributed by atoms with Crippen LogP contribution in [0.15, 0.2) is 0 Å². The number of rotatable bonds is 20. The normalized spacial score (nSPS) is 32.9. The zero-order valence-corrected chi connectivity index (χ0v) is 25.3. The highest BCUT2D eigenvalue weighted by atomic mass is 16.6. The van der Waals surface area contributed by atoms with E-state index in [4.69, 9.17) is 4.74 Å². The molecule has 9 nitrogen and oxygen atoms in total. The van der Waals surface area contributed by atoms with E-state index in [1.54, 1.807) is 0 Å². The summed E-state index contributed by atoms with van der Waals surface area (Å²) >= 11 is 0. The molecule has 4 N–H and O–H groups in total. The summed E-state index contributed by atoms with van der Waals surface area (Å²) in [6.45, 7) is 8.41. The molecule has 1 saturated heterocycles. The first-order valence-corrected chi connectivity index (χ1v) is 16.0. The second-order valence-electron chi connectivity index (χ2n) is 13.2. The number of fused-ring (bicyclic) bond motifs is 2. The van der Waals surface area contributed by atoms with Crippen molar-refractivity contribution >= 4 is 23.9 Å². The standard InChI is InChI=1S/C32H52O9/c1-5-9-11-19(7-3)17-31-14-13-21(27-28(31)41-27)26(22(29(37)38)15-24(33)34)32(31,18-20(8-4)12-10-6-2)23(30(39)40)16-25(35)36/h19-23,26-28H,5-18H2,1-4H3,(H,33,34)(H,35,36)(H,37,38)(H,39,40). The Bertz CT molecular complexity index is 949. The van der Waals surface area contributed by atoms with Crippen molar-refractivity contribution in [2.45, 2.75) is 130 Å². The van der Waals surface area contributed by atoms with E-state index in [9.17, 15) is 39.6 Å². The summed E-state index contributed by atoms with van der Waals surface area (Å²) in [5, 5.41) is 41.3. The first-order valence-electron chi connectivity index (χ1n) is 16.0. The van der Waals surface area contributed by atoms with Gasteiger partial charge in [0.2, 0.25) is 0 Å². The molecule has 3 saturated carbocycles. The van der Waals surface area contributed by atoms with E-state index in [-0.39, 0.29) is 30.0 Å². The fourth-order valence-electron chi connectivity index (χ4n) is 9.45. The van der Waals surface area contributed by atoms with Gasteiger partial charge in [0.15, 0.2) is 0 Å². The number of hydrogen-bond donors (Lipinski definition) is 4. The average molecular weight is 581 g/mol. The predicted molar refractivity (Wildman–Crippen MR) is 152 cm³/mol. The molecule has 4 rings (SSSR count). The van der Waals surface area contributed by atoms with Gasteiger partial charge >= 0.3 is 23.9 Å². The number of unbranched alkanes of at least 4 members (excludes halogenated alkanes) is 2. The van der Waals surface area contributed by atoms with Crippen molar-refractivity contribution in [3.05, 3.63) is 0 Å². The zero-order valence-electron chi connectivity index (χ0n) is 25.3. The summed E-state index contributed by atoms with van der Waals surface area (Å²) < 4.78 is 6.39. The van der Waals surface area contributed by atoms with E-state index in [0.717, 1.165) is 51.4 Å². The molecule has 234 valence electrons. The molecule has 4 fully saturated rings. The highest BCUT2D eigenvalue weighted by molar-refractivity contribution is 5.81. The Morgan fingerprint density at radius 1 is 0.805 bits per heavy atom. The first kappa shape index (κ1) is 33.3. The minimum Gasteiger partial charge on any atom is -0.481 e. The van der Waals surface area contributed by atoms with Crippen LogP contribution in [0.1, 0.15) is 118 Å². The quantitative estimate of drug-likeness (QED) is 0.121. The Morgan fingerprint density at radius 2 is 1.37 bits per heavy atom. The Morgan fingerprint density at radius 3 is 1.83 bits per heavy atom. The molecule has 0 spiro atoms. The maximum atomic E-state index is 13.3. The third kappa shape index (κ3) is 6.45. The minimum absolute atomic E-state index is 0.0662. The van der Waals surface area contributed by atoms with Crippen LogP contribution in [0.4, 0.5) is 0 Å². The Labute approximate surface area is 244 Å². The lowest BCUT2D eigenvalue weighted by molar-refractivity contribution is -0.215. The lowest BCUT2D eigenvalue weighted by Gasteiger charge is -2.67. The molecule has 9 heteroatoms. The van der Waals surface area contributed by atoms with Gasteiger partial charge in [-0.05, 0) is 54.8 Å². The van der Waals surface area contributed by atoms with Gasteiger partial charge in [0.25, 0.3) is 0 Å². The van der Waals surface area contributed by atoms with Crippen LogP contribution in [0.5, 0.6) is 0 Å². The molecule has 2 bridgehead atoms. The van der Waals surface area contributed by atoms with Gasteiger partial charge < -0.3 is 25.2 Å². The third-order valence-corrected chi connectivity index (χ3v) is 11.2. The number of ether oxygens (including phenoxy) is 1. The third-order valence-electron chi connectivity index (χ3n) is 11.2. The SMILES string of the molecule is CCCCC(CC)CC12CCC(C3OC31)C(C(CC(=O)O)C(=O)O)C2(CC(CC)CCCC)C(CC(=O)O)C(=O)O. The summed E-state index contributed by atoms with van der Waals surface area (Å²) in [6, 6.07) is 0. The van der Waals surface area contributed by atoms with Gasteiger partial charge in [0.1, 0.15) is 0 Å². The molecule has 41 heavy (non-hydrogen) atoms. The number of carboxylic acid groups (broad SMARTS) is 4. The van der Waals surface area contributed by atoms with E-state index in [1.165, 1.54) is 0 Å². The first-order chi connectivity index (χ1) is 19.4. The lowest BCUT2D eigenvalue weighted by atomic mass is 9.34. The number of carboxylic acids is 4. The summed E-state index contributed by atoms with van der Waals surface area (Å²) in [7, 11) is 0. The van der Waals surface area contributed by atoms with Crippen LogP contribution in [0.25, 0.3) is 0 Å². The van der Waals surface area contributed by atoms with Crippen LogP contribution in [0, 0.1) is 46.3 Å². The molecule has 0 aromatic carbocycles. The number of epoxide rings is 1. The zero-order chi connectivity index (χ0) is 30.5. The molecule has 1 aliphatic heterocycles. The second-order valence-corrected chi connectivity index (χ2v) is 13.2. The van der Waals surface area contributed by atoms with Gasteiger partial charge in [-0.25, -0.2) is 0 Å². The Kier molecular flexibility index (Phi) is 11.3. The van der Waals surface area contributed by atoms with Crippen molar-refractivity contribution in [3.8, 4) is 0 Å². The van der Waals surface area contributed by atoms with E-state index in [0.29, 0.717) is 25.7 Å². The predicted octanol–water partition coefficient (Wildman–Crippen LogP) is 6.33. The van der Waals surface area contributed by atoms with Crippen LogP contribution in [-0.4, -0.2) is 56.5 Å². The molecule has 10 atom stereocenters. The Balaban J connectivity index is 2.36. The topological polar surface area (TPSA) is 162 Å². The fourth-order valence-corrected chi connectivity index (χ4v) is 9.45. The van der Waals surface area contributed by atoms with Gasteiger partial charge in [-0.3, -0.25) is 19.2 Å². The highest BCUT2D eigenvalue weighted by Gasteiger charge is 2.79. The number of carbonyl (C=O) groups is 4. The molecule has 0 aromatic heterocycles. The monoisotopic (exact) mass is 580 g/mol. The molecule has 1 heterocycles. The number of aliphatic carboxylic acids is 4. The molecule has 4 aliphatic rings. The van der Waals surface area contributed by atoms with E-state index >= 15 is 0 Å². The van der Waals surface area contributed by atoms with E-state index < -0.39 is 65.3 Å². The summed E-state index contributed by atoms with van der Waals surface area (Å²) in [5.41, 5.74) is -1.94. The summed E-state index contributed by atoms with van der Waals surface area (Å²) in [5.74, 6) is -8.40. The van der Waals surface area contributed by atoms with Gasteiger partial charge in [-0.1, -0.05) is 79.1 Å². The van der Waals surface area contributed by atoms with Crippen molar-refractivity contribution in [1.82, 2.24) is 0 Å². The lowest BCUT2D eigenvalue weighted by Crippen LogP contribution is -2.68. The van der Waals surface area contributed by atoms with Gasteiger partial charge in [0.05, 0.1) is 36.9 Å². The smallest absolute Gasteiger partial charge is 0.307 e. The van der Waals surface area contributed by atoms with Crippen molar-refractivity contribution < 1.29 is 44.3 Å². The Hall–Kier alpha value is -2.16. The molecule has 0 amide bonds. The number of hydrogen-bond acceptors (Lipinski definition) is 5. The molecule has 10 unspecified atom stereocenters. The average Bonchev–Trinajstić information content (AvgIpc) is 3.73. The summed E-state index contributed by atoms with van der Waals surface area (Å²) in [6.07, 6.45) is 7.99. The van der Waals surface area contributed by atoms with Gasteiger partial charge in [-0.15, -0.1) is 0 Å². The fraction of sp³-hybridized carbons (Fsp3) is 0.875. The van der Waals surface area contributed by atoms with Crippen LogP contribution < -0.4 is 0 Å². The second kappa shape index (κ2) is 13.9. The van der Waals surface area contributed by atoms with Crippen LogP contribution in [0.2, 0.25) is 0 Å². The maximum absolute atomic E-state index is 13.3. The van der Waals surface area contributed by atoms with Crippen molar-refractivity contribution in [2.24, 2.45) is 46.3 Å². The van der Waals surface area contributed by atoms with Crippen molar-refractivity contribution in [3.63, 3.8) is 0 Å². The highest BCUT2D eigenvalue weighted by Crippen LogP contribution is 2.77. The van der Waals surface area contributed by atoms with Crippen LogP contribution in [-0.2, 0) is 23.9 Å².